The lowest BCUT2D eigenvalue weighted by Gasteiger charge is -2.26. The number of rotatable bonds is 7. The Hall–Kier alpha value is -0.580. The van der Waals surface area contributed by atoms with Crippen molar-refractivity contribution >= 4 is 28.3 Å². The summed E-state index contributed by atoms with van der Waals surface area (Å²) in [5.74, 6) is 0.989. The first kappa shape index (κ1) is 16.5. The van der Waals surface area contributed by atoms with E-state index in [0.29, 0.717) is 0 Å². The standard InChI is InChI=1S/C16H24INO/c1-12-6-7-13(2)15(10-12)19-9-5-8-16(4,11-17)14(3)18/h6-7,10,18H,5,8-9,11H2,1-4H3. The van der Waals surface area contributed by atoms with Gasteiger partial charge in [-0.15, -0.1) is 0 Å². The summed E-state index contributed by atoms with van der Waals surface area (Å²) in [4.78, 5) is 0. The van der Waals surface area contributed by atoms with Crippen LogP contribution in [0, 0.1) is 24.7 Å². The zero-order valence-corrected chi connectivity index (χ0v) is 14.5. The summed E-state index contributed by atoms with van der Waals surface area (Å²) in [5.41, 5.74) is 3.21. The molecular formula is C16H24INO. The molecule has 1 rings (SSSR count). The van der Waals surface area contributed by atoms with Crippen LogP contribution in [-0.4, -0.2) is 16.7 Å². The minimum absolute atomic E-state index is 0.0194. The van der Waals surface area contributed by atoms with Crippen LogP contribution >= 0.6 is 22.6 Å². The van der Waals surface area contributed by atoms with Crippen molar-refractivity contribution in [1.82, 2.24) is 0 Å². The van der Waals surface area contributed by atoms with Crippen LogP contribution in [0.25, 0.3) is 0 Å². The van der Waals surface area contributed by atoms with Crippen LogP contribution in [0.3, 0.4) is 0 Å². The molecule has 3 heteroatoms. The Morgan fingerprint density at radius 3 is 2.63 bits per heavy atom. The third-order valence-electron chi connectivity index (χ3n) is 3.67. The van der Waals surface area contributed by atoms with Gasteiger partial charge in [0.15, 0.2) is 0 Å². The van der Waals surface area contributed by atoms with E-state index in [-0.39, 0.29) is 5.41 Å². The van der Waals surface area contributed by atoms with Gasteiger partial charge in [0, 0.05) is 15.6 Å². The number of alkyl halides is 1. The highest BCUT2D eigenvalue weighted by atomic mass is 127. The van der Waals surface area contributed by atoms with E-state index < -0.39 is 0 Å². The van der Waals surface area contributed by atoms with Gasteiger partial charge in [0.2, 0.25) is 0 Å². The minimum Gasteiger partial charge on any atom is -0.493 e. The lowest BCUT2D eigenvalue weighted by molar-refractivity contribution is 0.287. The Kier molecular flexibility index (Phi) is 6.30. The maximum atomic E-state index is 7.86. The van der Waals surface area contributed by atoms with Gasteiger partial charge in [0.05, 0.1) is 6.61 Å². The summed E-state index contributed by atoms with van der Waals surface area (Å²) < 4.78 is 6.85. The summed E-state index contributed by atoms with van der Waals surface area (Å²) >= 11 is 2.37. The molecule has 0 aliphatic rings. The van der Waals surface area contributed by atoms with Crippen LogP contribution in [0.5, 0.6) is 5.75 Å². The number of hydrogen-bond donors (Lipinski definition) is 1. The summed E-state index contributed by atoms with van der Waals surface area (Å²) in [5, 5.41) is 7.86. The Balaban J connectivity index is 2.47. The third kappa shape index (κ3) is 4.79. The van der Waals surface area contributed by atoms with Crippen LogP contribution in [-0.2, 0) is 0 Å². The summed E-state index contributed by atoms with van der Waals surface area (Å²) in [6, 6.07) is 6.30. The van der Waals surface area contributed by atoms with Gasteiger partial charge in [-0.3, -0.25) is 0 Å². The van der Waals surface area contributed by atoms with E-state index in [1.54, 1.807) is 0 Å². The van der Waals surface area contributed by atoms with Gasteiger partial charge in [0.25, 0.3) is 0 Å². The molecule has 1 N–H and O–H groups in total. The van der Waals surface area contributed by atoms with E-state index in [9.17, 15) is 0 Å². The normalized spacial score (nSPS) is 13.9. The number of aryl methyl sites for hydroxylation is 2. The quantitative estimate of drug-likeness (QED) is 0.312. The average molecular weight is 373 g/mol. The third-order valence-corrected chi connectivity index (χ3v) is 5.36. The van der Waals surface area contributed by atoms with Gasteiger partial charge >= 0.3 is 0 Å². The van der Waals surface area contributed by atoms with Crippen molar-refractivity contribution in [3.05, 3.63) is 29.3 Å². The first-order chi connectivity index (χ1) is 8.89. The molecular weight excluding hydrogens is 349 g/mol. The van der Waals surface area contributed by atoms with Crippen molar-refractivity contribution in [2.45, 2.75) is 40.5 Å². The molecule has 0 bridgehead atoms. The molecule has 0 aromatic heterocycles. The zero-order valence-electron chi connectivity index (χ0n) is 12.3. The van der Waals surface area contributed by atoms with E-state index in [2.05, 4.69) is 61.6 Å². The molecule has 1 atom stereocenters. The fourth-order valence-electron chi connectivity index (χ4n) is 1.86. The lowest BCUT2D eigenvalue weighted by Crippen LogP contribution is -2.27. The molecule has 1 unspecified atom stereocenters. The van der Waals surface area contributed by atoms with E-state index >= 15 is 0 Å². The second-order valence-electron chi connectivity index (χ2n) is 5.54. The van der Waals surface area contributed by atoms with Crippen LogP contribution in [0.1, 0.15) is 37.8 Å². The maximum Gasteiger partial charge on any atom is 0.122 e. The Labute approximate surface area is 130 Å². The predicted molar refractivity (Wildman–Crippen MR) is 91.0 cm³/mol. The maximum absolute atomic E-state index is 7.86. The molecule has 1 aromatic carbocycles. The smallest absolute Gasteiger partial charge is 0.122 e. The van der Waals surface area contributed by atoms with Crippen molar-refractivity contribution in [2.24, 2.45) is 5.41 Å². The van der Waals surface area contributed by atoms with Crippen molar-refractivity contribution in [3.63, 3.8) is 0 Å². The van der Waals surface area contributed by atoms with Crippen molar-refractivity contribution in [2.75, 3.05) is 11.0 Å². The highest BCUT2D eigenvalue weighted by Crippen LogP contribution is 2.28. The summed E-state index contributed by atoms with van der Waals surface area (Å²) in [6.45, 7) is 8.96. The van der Waals surface area contributed by atoms with Gasteiger partial charge < -0.3 is 10.1 Å². The highest BCUT2D eigenvalue weighted by Gasteiger charge is 2.24. The molecule has 0 saturated heterocycles. The zero-order chi connectivity index (χ0) is 14.5. The topological polar surface area (TPSA) is 33.1 Å². The summed E-state index contributed by atoms with van der Waals surface area (Å²) in [6.07, 6.45) is 2.00. The number of benzene rings is 1. The molecule has 2 nitrogen and oxygen atoms in total. The fraction of sp³-hybridized carbons (Fsp3) is 0.562. The van der Waals surface area contributed by atoms with E-state index in [4.69, 9.17) is 10.1 Å². The molecule has 0 saturated carbocycles. The largest absolute Gasteiger partial charge is 0.493 e. The van der Waals surface area contributed by atoms with E-state index in [0.717, 1.165) is 35.3 Å². The van der Waals surface area contributed by atoms with Gasteiger partial charge in [0.1, 0.15) is 5.75 Å². The molecule has 0 fully saturated rings. The van der Waals surface area contributed by atoms with E-state index in [1.807, 2.05) is 6.92 Å². The molecule has 0 radical (unpaired) electrons. The Morgan fingerprint density at radius 2 is 2.05 bits per heavy atom. The molecule has 0 aliphatic carbocycles. The molecule has 0 amide bonds. The second kappa shape index (κ2) is 7.27. The van der Waals surface area contributed by atoms with Crippen LogP contribution in [0.4, 0.5) is 0 Å². The van der Waals surface area contributed by atoms with E-state index in [1.165, 1.54) is 11.1 Å². The van der Waals surface area contributed by atoms with Crippen LogP contribution in [0.15, 0.2) is 18.2 Å². The molecule has 0 heterocycles. The summed E-state index contributed by atoms with van der Waals surface area (Å²) in [7, 11) is 0. The second-order valence-corrected chi connectivity index (χ2v) is 6.30. The van der Waals surface area contributed by atoms with Crippen molar-refractivity contribution in [1.29, 1.82) is 5.41 Å². The SMILES string of the molecule is CC(=N)C(C)(CI)CCCOc1cc(C)ccc1C. The molecule has 19 heavy (non-hydrogen) atoms. The highest BCUT2D eigenvalue weighted by molar-refractivity contribution is 14.1. The molecule has 106 valence electrons. The minimum atomic E-state index is 0.0194. The van der Waals surface area contributed by atoms with Gasteiger partial charge in [-0.1, -0.05) is 41.6 Å². The Morgan fingerprint density at radius 1 is 1.37 bits per heavy atom. The number of ether oxygens (including phenoxy) is 1. The monoisotopic (exact) mass is 373 g/mol. The molecule has 1 aromatic rings. The average Bonchev–Trinajstić information content (AvgIpc) is 2.38. The van der Waals surface area contributed by atoms with Gasteiger partial charge in [-0.2, -0.15) is 0 Å². The number of nitrogens with one attached hydrogen (secondary N) is 1. The predicted octanol–water partition coefficient (Wildman–Crippen LogP) is 4.94. The van der Waals surface area contributed by atoms with Gasteiger partial charge in [-0.25, -0.2) is 0 Å². The molecule has 0 aliphatic heterocycles. The van der Waals surface area contributed by atoms with Gasteiger partial charge in [-0.05, 0) is 50.8 Å². The number of hydrogen-bond acceptors (Lipinski definition) is 2. The molecule has 0 spiro atoms. The van der Waals surface area contributed by atoms with Crippen LogP contribution < -0.4 is 4.74 Å². The Bertz CT molecular complexity index is 444. The lowest BCUT2D eigenvalue weighted by atomic mass is 9.83. The van der Waals surface area contributed by atoms with Crippen LogP contribution in [0.2, 0.25) is 0 Å². The van der Waals surface area contributed by atoms with Crippen molar-refractivity contribution < 1.29 is 4.74 Å². The number of halogens is 1. The van der Waals surface area contributed by atoms with Crippen molar-refractivity contribution in [3.8, 4) is 5.75 Å². The first-order valence-corrected chi connectivity index (χ1v) is 8.23. The fourth-order valence-corrected chi connectivity index (χ4v) is 2.82. The first-order valence-electron chi connectivity index (χ1n) is 6.71.